The zero-order chi connectivity index (χ0) is 18.0. The van der Waals surface area contributed by atoms with E-state index >= 15 is 0 Å². The van der Waals surface area contributed by atoms with E-state index < -0.39 is 21.9 Å². The van der Waals surface area contributed by atoms with Gasteiger partial charge in [-0.05, 0) is 17.6 Å². The Morgan fingerprint density at radius 2 is 2.00 bits per heavy atom. The van der Waals surface area contributed by atoms with E-state index in [1.807, 2.05) is 17.5 Å². The van der Waals surface area contributed by atoms with Gasteiger partial charge in [-0.2, -0.15) is 0 Å². The molecule has 0 spiro atoms. The van der Waals surface area contributed by atoms with Crippen LogP contribution < -0.4 is 10.6 Å². The Labute approximate surface area is 150 Å². The first-order valence-electron chi connectivity index (χ1n) is 7.87. The number of carbonyl (C=O) groups is 1. The number of nitrogens with one attached hydrogen (secondary N) is 2. The number of rotatable bonds is 4. The Balaban J connectivity index is 1.61. The lowest BCUT2D eigenvalue weighted by atomic mass is 10.0. The number of hydrogen-bond donors (Lipinski definition) is 2. The second kappa shape index (κ2) is 6.97. The van der Waals surface area contributed by atoms with E-state index in [1.54, 1.807) is 0 Å². The van der Waals surface area contributed by atoms with Gasteiger partial charge in [-0.1, -0.05) is 38.1 Å². The Morgan fingerprint density at radius 3 is 2.60 bits per heavy atom. The molecule has 0 fully saturated rings. The molecule has 2 amide bonds. The third kappa shape index (κ3) is 4.46. The molecule has 0 saturated carbocycles. The highest BCUT2D eigenvalue weighted by molar-refractivity contribution is 7.94. The van der Waals surface area contributed by atoms with Crippen molar-refractivity contribution in [2.75, 3.05) is 11.1 Å². The molecule has 2 heterocycles. The van der Waals surface area contributed by atoms with E-state index in [0.717, 1.165) is 16.7 Å². The molecule has 1 aromatic heterocycles. The Hall–Kier alpha value is -2.19. The number of aromatic nitrogens is 1. The highest BCUT2D eigenvalue weighted by Gasteiger charge is 2.23. The number of hydrogen-bond acceptors (Lipinski definition) is 5. The van der Waals surface area contributed by atoms with Gasteiger partial charge in [-0.15, -0.1) is 11.3 Å². The van der Waals surface area contributed by atoms with Gasteiger partial charge >= 0.3 is 6.03 Å². The zero-order valence-corrected chi connectivity index (χ0v) is 15.5. The first-order chi connectivity index (χ1) is 11.8. The van der Waals surface area contributed by atoms with Crippen molar-refractivity contribution in [2.24, 2.45) is 0 Å². The van der Waals surface area contributed by atoms with Crippen LogP contribution in [0.25, 0.3) is 11.3 Å². The monoisotopic (exact) mass is 377 g/mol. The third-order valence-electron chi connectivity index (χ3n) is 3.84. The maximum atomic E-state index is 12.0. The zero-order valence-electron chi connectivity index (χ0n) is 13.9. The lowest BCUT2D eigenvalue weighted by Gasteiger charge is -2.09. The highest BCUT2D eigenvalue weighted by atomic mass is 32.2. The van der Waals surface area contributed by atoms with Crippen LogP contribution in [0.4, 0.5) is 9.93 Å². The molecule has 0 unspecified atom stereocenters. The molecule has 25 heavy (non-hydrogen) atoms. The van der Waals surface area contributed by atoms with Crippen LogP contribution in [0.15, 0.2) is 41.1 Å². The number of thiazole rings is 1. The fourth-order valence-electron chi connectivity index (χ4n) is 2.47. The fraction of sp³-hybridized carbons (Fsp3) is 0.294. The molecular formula is C17H19N3O3S2. The van der Waals surface area contributed by atoms with Crippen LogP contribution >= 0.6 is 11.3 Å². The van der Waals surface area contributed by atoms with Gasteiger partial charge in [0.2, 0.25) is 0 Å². The molecule has 3 rings (SSSR count). The normalized spacial score (nSPS) is 18.4. The first-order valence-corrected chi connectivity index (χ1v) is 10.5. The average molecular weight is 377 g/mol. The van der Waals surface area contributed by atoms with E-state index in [4.69, 9.17) is 0 Å². The number of amides is 2. The second-order valence-corrected chi connectivity index (χ2v) is 8.97. The summed E-state index contributed by atoms with van der Waals surface area (Å²) in [6.45, 7) is 4.28. The summed E-state index contributed by atoms with van der Waals surface area (Å²) in [5.74, 6) is 0.366. The van der Waals surface area contributed by atoms with Gasteiger partial charge in [0, 0.05) is 16.4 Å². The number of nitrogens with zero attached hydrogens (tertiary/aromatic N) is 1. The van der Waals surface area contributed by atoms with E-state index in [2.05, 4.69) is 41.6 Å². The van der Waals surface area contributed by atoms with Gasteiger partial charge in [-0.3, -0.25) is 5.32 Å². The average Bonchev–Trinajstić information content (AvgIpc) is 3.13. The molecule has 6 nitrogen and oxygen atoms in total. The Morgan fingerprint density at radius 1 is 1.28 bits per heavy atom. The molecule has 1 aliphatic rings. The summed E-state index contributed by atoms with van der Waals surface area (Å²) in [4.78, 5) is 16.4. The van der Waals surface area contributed by atoms with Gasteiger partial charge in [0.25, 0.3) is 0 Å². The number of benzene rings is 1. The van der Waals surface area contributed by atoms with Gasteiger partial charge in [0.15, 0.2) is 15.0 Å². The van der Waals surface area contributed by atoms with Gasteiger partial charge in [0.05, 0.1) is 17.5 Å². The lowest BCUT2D eigenvalue weighted by molar-refractivity contribution is 0.251. The molecule has 0 radical (unpaired) electrons. The van der Waals surface area contributed by atoms with Crippen LogP contribution in [0.5, 0.6) is 0 Å². The quantitative estimate of drug-likeness (QED) is 0.855. The molecule has 1 aliphatic heterocycles. The molecule has 0 saturated heterocycles. The van der Waals surface area contributed by atoms with E-state index in [-0.39, 0.29) is 5.75 Å². The maximum absolute atomic E-state index is 12.0. The molecular weight excluding hydrogens is 358 g/mol. The minimum absolute atomic E-state index is 0.105. The molecule has 0 aliphatic carbocycles. The summed E-state index contributed by atoms with van der Waals surface area (Å²) >= 11 is 1.32. The van der Waals surface area contributed by atoms with Crippen LogP contribution in [0.3, 0.4) is 0 Å². The number of sulfone groups is 1. The smallest absolute Gasteiger partial charge is 0.321 e. The fourth-order valence-corrected chi connectivity index (χ4v) is 4.42. The molecule has 2 N–H and O–H groups in total. The second-order valence-electron chi connectivity index (χ2n) is 6.18. The molecule has 1 atom stereocenters. The maximum Gasteiger partial charge on any atom is 0.321 e. The van der Waals surface area contributed by atoms with Crippen LogP contribution in [0.1, 0.15) is 25.3 Å². The van der Waals surface area contributed by atoms with Gasteiger partial charge < -0.3 is 5.32 Å². The number of carbonyl (C=O) groups excluding carboxylic acids is 1. The van der Waals surface area contributed by atoms with Crippen molar-refractivity contribution in [1.82, 2.24) is 10.3 Å². The summed E-state index contributed by atoms with van der Waals surface area (Å²) in [5, 5.41) is 8.71. The van der Waals surface area contributed by atoms with Crippen molar-refractivity contribution >= 4 is 32.3 Å². The van der Waals surface area contributed by atoms with E-state index in [1.165, 1.54) is 23.0 Å². The van der Waals surface area contributed by atoms with Crippen LogP contribution in [0.2, 0.25) is 0 Å². The predicted octanol–water partition coefficient (Wildman–Crippen LogP) is 3.37. The molecule has 2 aromatic rings. The first kappa shape index (κ1) is 17.6. The van der Waals surface area contributed by atoms with Gasteiger partial charge in [-0.25, -0.2) is 18.2 Å². The minimum atomic E-state index is -3.19. The van der Waals surface area contributed by atoms with Gasteiger partial charge in [0.1, 0.15) is 0 Å². The van der Waals surface area contributed by atoms with Crippen molar-refractivity contribution in [3.8, 4) is 11.3 Å². The summed E-state index contributed by atoms with van der Waals surface area (Å²) in [5.41, 5.74) is 3.04. The van der Waals surface area contributed by atoms with Crippen molar-refractivity contribution in [1.29, 1.82) is 0 Å². The highest BCUT2D eigenvalue weighted by Crippen LogP contribution is 2.26. The number of anilines is 1. The Bertz CT molecular complexity index is 899. The van der Waals surface area contributed by atoms with Crippen LogP contribution in [-0.4, -0.2) is 31.2 Å². The van der Waals surface area contributed by atoms with E-state index in [9.17, 15) is 13.2 Å². The standard InChI is InChI=1S/C17H19N3O3S2/c1-11(2)12-3-5-13(6-4-12)15-9-24-17(19-15)20-16(21)18-14-7-8-25(22,23)10-14/h3-9,11,14H,10H2,1-2H3,(H2,18,19,20,21)/t14-/m0/s1. The summed E-state index contributed by atoms with van der Waals surface area (Å²) in [6.07, 6.45) is 1.47. The largest absolute Gasteiger partial charge is 0.331 e. The molecule has 0 bridgehead atoms. The van der Waals surface area contributed by atoms with Crippen molar-refractivity contribution in [3.63, 3.8) is 0 Å². The lowest BCUT2D eigenvalue weighted by Crippen LogP contribution is -2.38. The summed E-state index contributed by atoms with van der Waals surface area (Å²) in [6, 6.07) is 7.21. The van der Waals surface area contributed by atoms with Crippen LogP contribution in [0, 0.1) is 0 Å². The van der Waals surface area contributed by atoms with Crippen LogP contribution in [-0.2, 0) is 9.84 Å². The number of urea groups is 1. The summed E-state index contributed by atoms with van der Waals surface area (Å²) < 4.78 is 22.7. The van der Waals surface area contributed by atoms with E-state index in [0.29, 0.717) is 11.0 Å². The van der Waals surface area contributed by atoms with Crippen molar-refractivity contribution < 1.29 is 13.2 Å². The topological polar surface area (TPSA) is 88.2 Å². The molecule has 1 aromatic carbocycles. The minimum Gasteiger partial charge on any atom is -0.331 e. The third-order valence-corrected chi connectivity index (χ3v) is 6.00. The van der Waals surface area contributed by atoms with Crippen molar-refractivity contribution in [2.45, 2.75) is 25.8 Å². The molecule has 132 valence electrons. The molecule has 8 heteroatoms. The predicted molar refractivity (Wildman–Crippen MR) is 101 cm³/mol. The summed E-state index contributed by atoms with van der Waals surface area (Å²) in [7, 11) is -3.19. The Kier molecular flexibility index (Phi) is 4.91. The van der Waals surface area contributed by atoms with Crippen molar-refractivity contribution in [3.05, 3.63) is 46.7 Å². The SMILES string of the molecule is CC(C)c1ccc(-c2csc(NC(=O)N[C@H]3C=CS(=O)(=O)C3)n2)cc1.